The first-order valence-electron chi connectivity index (χ1n) is 13.9. The number of benzene rings is 5. The fraction of sp³-hybridized carbons (Fsp3) is 0.111. The number of para-hydroxylation sites is 3. The molecule has 7 rings (SSSR count). The molecule has 0 unspecified atom stereocenters. The fourth-order valence-electron chi connectivity index (χ4n) is 6.37. The Morgan fingerprint density at radius 3 is 2.05 bits per heavy atom. The molecule has 2 aliphatic heterocycles. The van der Waals surface area contributed by atoms with Gasteiger partial charge in [-0.3, -0.25) is 19.4 Å². The molecule has 2 aliphatic rings. The van der Waals surface area contributed by atoms with Crippen molar-refractivity contribution in [3.63, 3.8) is 0 Å². The molecule has 1 fully saturated rings. The lowest BCUT2D eigenvalue weighted by Gasteiger charge is -2.56. The minimum absolute atomic E-state index is 0.158. The number of hydrogen-bond donors (Lipinski definition) is 0. The van der Waals surface area contributed by atoms with E-state index in [-0.39, 0.29) is 11.8 Å². The first kappa shape index (κ1) is 26.1. The summed E-state index contributed by atoms with van der Waals surface area (Å²) in [6.45, 7) is 0. The van der Waals surface area contributed by atoms with E-state index in [1.54, 1.807) is 0 Å². The molecule has 0 N–H and O–H groups in total. The molecule has 6 heteroatoms. The fourth-order valence-corrected chi connectivity index (χ4v) is 6.57. The number of anilines is 2. The maximum absolute atomic E-state index is 14.5. The number of amides is 2. The van der Waals surface area contributed by atoms with E-state index < -0.39 is 17.7 Å². The maximum Gasteiger partial charge on any atom is 0.271 e. The van der Waals surface area contributed by atoms with Crippen molar-refractivity contribution in [2.45, 2.75) is 24.1 Å². The number of β-lactam (4-membered cyclic amide) rings is 1. The Morgan fingerprint density at radius 2 is 1.36 bits per heavy atom. The highest BCUT2D eigenvalue weighted by molar-refractivity contribution is 6.30. The molecule has 2 amide bonds. The van der Waals surface area contributed by atoms with Crippen molar-refractivity contribution >= 4 is 34.8 Å². The van der Waals surface area contributed by atoms with Crippen LogP contribution in [0.15, 0.2) is 140 Å². The topological polar surface area (TPSA) is 49.9 Å². The molecule has 5 aromatic carbocycles. The largest absolute Gasteiger partial charge is 0.478 e. The first-order chi connectivity index (χ1) is 20.6. The number of halogens is 1. The minimum atomic E-state index is -0.914. The quantitative estimate of drug-likeness (QED) is 0.202. The average Bonchev–Trinajstić information content (AvgIpc) is 3.16. The van der Waals surface area contributed by atoms with Crippen LogP contribution in [0.25, 0.3) is 0 Å². The summed E-state index contributed by atoms with van der Waals surface area (Å²) < 4.78 is 6.53. The van der Waals surface area contributed by atoms with Crippen LogP contribution in [0.1, 0.15) is 33.9 Å². The van der Waals surface area contributed by atoms with Crippen LogP contribution in [0.5, 0.6) is 5.75 Å². The standard InChI is InChI=1S/C36H27ClN2O3/c37-28-18-12-15-26(23-28)32-24-36(27-16-6-2-7-17-27)33(42-29-19-8-3-9-20-29)35(41)39(36)31-22-11-10-21-30(31)38(32)34(40)25-13-4-1-5-14-25/h1-23,32-33H,24H2/t32-,33+,36-/m1/s1. The molecule has 5 aromatic rings. The Balaban J connectivity index is 1.49. The highest BCUT2D eigenvalue weighted by Gasteiger charge is 2.66. The molecule has 3 atom stereocenters. The Labute approximate surface area is 249 Å². The molecule has 0 bridgehead atoms. The smallest absolute Gasteiger partial charge is 0.271 e. The van der Waals surface area contributed by atoms with E-state index in [0.29, 0.717) is 34.1 Å². The summed E-state index contributed by atoms with van der Waals surface area (Å²) in [7, 11) is 0. The zero-order valence-corrected chi connectivity index (χ0v) is 23.4. The number of nitrogens with zero attached hydrogens (tertiary/aromatic N) is 2. The van der Waals surface area contributed by atoms with Gasteiger partial charge in [-0.1, -0.05) is 103 Å². The van der Waals surface area contributed by atoms with Crippen molar-refractivity contribution in [3.05, 3.63) is 161 Å². The second-order valence-electron chi connectivity index (χ2n) is 10.6. The van der Waals surface area contributed by atoms with Crippen LogP contribution < -0.4 is 14.5 Å². The van der Waals surface area contributed by atoms with Gasteiger partial charge in [0.25, 0.3) is 11.8 Å². The molecule has 0 radical (unpaired) electrons. The highest BCUT2D eigenvalue weighted by Crippen LogP contribution is 2.57. The van der Waals surface area contributed by atoms with Gasteiger partial charge < -0.3 is 4.74 Å². The van der Waals surface area contributed by atoms with E-state index in [2.05, 4.69) is 0 Å². The number of rotatable bonds is 5. The third kappa shape index (κ3) is 4.16. The number of fused-ring (bicyclic) bond motifs is 3. The molecule has 206 valence electrons. The summed E-state index contributed by atoms with van der Waals surface area (Å²) in [5, 5.41) is 0.574. The second kappa shape index (κ2) is 10.5. The molecule has 2 heterocycles. The number of carbonyl (C=O) groups excluding carboxylic acids is 2. The van der Waals surface area contributed by atoms with Gasteiger partial charge in [-0.25, -0.2) is 0 Å². The van der Waals surface area contributed by atoms with Crippen molar-refractivity contribution in [1.82, 2.24) is 0 Å². The first-order valence-corrected chi connectivity index (χ1v) is 14.3. The zero-order valence-electron chi connectivity index (χ0n) is 22.6. The summed E-state index contributed by atoms with van der Waals surface area (Å²) in [6, 6.07) is 43.4. The summed E-state index contributed by atoms with van der Waals surface area (Å²) in [6.07, 6.45) is -0.433. The van der Waals surface area contributed by atoms with Crippen LogP contribution in [0, 0.1) is 0 Å². The Hall–Kier alpha value is -4.87. The molecule has 1 saturated heterocycles. The molecular weight excluding hydrogens is 544 g/mol. The average molecular weight is 571 g/mol. The summed E-state index contributed by atoms with van der Waals surface area (Å²) in [5.41, 5.74) is 2.76. The number of hydrogen-bond acceptors (Lipinski definition) is 3. The van der Waals surface area contributed by atoms with Crippen LogP contribution in [-0.2, 0) is 10.3 Å². The predicted octanol–water partition coefficient (Wildman–Crippen LogP) is 7.82. The summed E-state index contributed by atoms with van der Waals surface area (Å²) in [4.78, 5) is 32.3. The van der Waals surface area contributed by atoms with Crippen molar-refractivity contribution in [3.8, 4) is 5.75 Å². The van der Waals surface area contributed by atoms with Gasteiger partial charge in [0, 0.05) is 17.0 Å². The molecule has 0 aromatic heterocycles. The molecule has 0 saturated carbocycles. The van der Waals surface area contributed by atoms with Gasteiger partial charge in [-0.2, -0.15) is 0 Å². The van der Waals surface area contributed by atoms with E-state index in [1.807, 2.05) is 149 Å². The SMILES string of the molecule is O=C(c1ccccc1)N1c2ccccc2N2C(=O)[C@H](Oc3ccccc3)[C@]2(c2ccccc2)C[C@@H]1c1cccc(Cl)c1. The zero-order chi connectivity index (χ0) is 28.7. The second-order valence-corrected chi connectivity index (χ2v) is 11.0. The lowest BCUT2D eigenvalue weighted by Crippen LogP contribution is -2.74. The van der Waals surface area contributed by atoms with Gasteiger partial charge in [0.2, 0.25) is 6.10 Å². The van der Waals surface area contributed by atoms with Crippen molar-refractivity contribution in [2.24, 2.45) is 0 Å². The van der Waals surface area contributed by atoms with Gasteiger partial charge in [-0.05, 0) is 59.7 Å². The van der Waals surface area contributed by atoms with E-state index in [9.17, 15) is 9.59 Å². The van der Waals surface area contributed by atoms with Gasteiger partial charge in [0.15, 0.2) is 0 Å². The molecular formula is C36H27ClN2O3. The van der Waals surface area contributed by atoms with Crippen LogP contribution in [-0.4, -0.2) is 17.9 Å². The van der Waals surface area contributed by atoms with Gasteiger partial charge in [0.1, 0.15) is 11.3 Å². The summed E-state index contributed by atoms with van der Waals surface area (Å²) >= 11 is 6.55. The van der Waals surface area contributed by atoms with Crippen molar-refractivity contribution in [1.29, 1.82) is 0 Å². The predicted molar refractivity (Wildman–Crippen MR) is 165 cm³/mol. The monoisotopic (exact) mass is 570 g/mol. The molecule has 5 nitrogen and oxygen atoms in total. The minimum Gasteiger partial charge on any atom is -0.478 e. The Bertz CT molecular complexity index is 1760. The van der Waals surface area contributed by atoms with Crippen LogP contribution in [0.2, 0.25) is 5.02 Å². The van der Waals surface area contributed by atoms with Crippen molar-refractivity contribution in [2.75, 3.05) is 9.80 Å². The maximum atomic E-state index is 14.5. The Morgan fingerprint density at radius 1 is 0.738 bits per heavy atom. The molecule has 0 spiro atoms. The van der Waals surface area contributed by atoms with Gasteiger partial charge in [-0.15, -0.1) is 0 Å². The van der Waals surface area contributed by atoms with Crippen LogP contribution in [0.3, 0.4) is 0 Å². The molecule has 0 aliphatic carbocycles. The van der Waals surface area contributed by atoms with Gasteiger partial charge in [0.05, 0.1) is 17.4 Å². The van der Waals surface area contributed by atoms with Crippen LogP contribution >= 0.6 is 11.6 Å². The molecule has 42 heavy (non-hydrogen) atoms. The van der Waals surface area contributed by atoms with E-state index in [4.69, 9.17) is 16.3 Å². The normalized spacial score (nSPS) is 21.0. The van der Waals surface area contributed by atoms with E-state index in [1.165, 1.54) is 0 Å². The van der Waals surface area contributed by atoms with Crippen LogP contribution in [0.4, 0.5) is 11.4 Å². The summed E-state index contributed by atoms with van der Waals surface area (Å²) in [5.74, 6) is 0.292. The number of carbonyl (C=O) groups is 2. The lowest BCUT2D eigenvalue weighted by molar-refractivity contribution is -0.142. The number of ether oxygens (including phenoxy) is 1. The van der Waals surface area contributed by atoms with Crippen molar-refractivity contribution < 1.29 is 14.3 Å². The van der Waals surface area contributed by atoms with E-state index >= 15 is 0 Å². The van der Waals surface area contributed by atoms with Gasteiger partial charge >= 0.3 is 0 Å². The van der Waals surface area contributed by atoms with E-state index in [0.717, 1.165) is 11.1 Å². The third-order valence-corrected chi connectivity index (χ3v) is 8.45. The Kier molecular flexibility index (Phi) is 6.52. The third-order valence-electron chi connectivity index (χ3n) is 8.22. The lowest BCUT2D eigenvalue weighted by atomic mass is 9.70. The highest BCUT2D eigenvalue weighted by atomic mass is 35.5.